The summed E-state index contributed by atoms with van der Waals surface area (Å²) < 4.78 is 0. The number of hydrazone groups is 1. The van der Waals surface area contributed by atoms with Gasteiger partial charge in [0.1, 0.15) is 0 Å². The predicted octanol–water partition coefficient (Wildman–Crippen LogP) is 3.29. The summed E-state index contributed by atoms with van der Waals surface area (Å²) in [6, 6.07) is 8.27. The van der Waals surface area contributed by atoms with E-state index in [9.17, 15) is 14.9 Å². The zero-order valence-corrected chi connectivity index (χ0v) is 13.0. The zero-order chi connectivity index (χ0) is 16.1. The Kier molecular flexibility index (Phi) is 5.00. The van der Waals surface area contributed by atoms with Crippen molar-refractivity contribution in [2.45, 2.75) is 20.3 Å². The number of amides is 1. The summed E-state index contributed by atoms with van der Waals surface area (Å²) in [4.78, 5) is 24.5. The van der Waals surface area contributed by atoms with E-state index in [4.69, 9.17) is 0 Å². The second-order valence-corrected chi connectivity index (χ2v) is 5.82. The van der Waals surface area contributed by atoms with E-state index in [0.717, 1.165) is 11.3 Å². The summed E-state index contributed by atoms with van der Waals surface area (Å²) in [5.41, 5.74) is 3.01. The summed E-state index contributed by atoms with van der Waals surface area (Å²) in [6.07, 6.45) is 2.52. The summed E-state index contributed by atoms with van der Waals surface area (Å²) in [7, 11) is 0. The smallest absolute Gasteiger partial charge is 0.267 e. The number of carbonyl (C=O) groups is 1. The number of benzene rings is 1. The molecule has 1 amide bonds. The van der Waals surface area contributed by atoms with Crippen LogP contribution in [0.5, 0.6) is 0 Å². The van der Waals surface area contributed by atoms with Gasteiger partial charge in [0.15, 0.2) is 0 Å². The molecule has 0 saturated carbocycles. The van der Waals surface area contributed by atoms with Crippen LogP contribution in [0.2, 0.25) is 0 Å². The zero-order valence-electron chi connectivity index (χ0n) is 12.2. The summed E-state index contributed by atoms with van der Waals surface area (Å²) >= 11 is 1.60. The second kappa shape index (κ2) is 6.95. The number of rotatable bonds is 5. The van der Waals surface area contributed by atoms with E-state index in [0.29, 0.717) is 5.56 Å². The number of nitro groups is 1. The molecule has 0 unspecified atom stereocenters. The summed E-state index contributed by atoms with van der Waals surface area (Å²) in [6.45, 7) is 3.69. The predicted molar refractivity (Wildman–Crippen MR) is 86.6 cm³/mol. The molecule has 0 fully saturated rings. The highest BCUT2D eigenvalue weighted by Gasteiger charge is 2.14. The minimum atomic E-state index is -0.507. The van der Waals surface area contributed by atoms with Gasteiger partial charge in [-0.15, -0.1) is 11.3 Å². The lowest BCUT2D eigenvalue weighted by atomic mass is 10.1. The Bertz CT molecular complexity index is 737. The third-order valence-corrected chi connectivity index (χ3v) is 4.22. The van der Waals surface area contributed by atoms with Crippen molar-refractivity contribution in [3.05, 3.63) is 61.3 Å². The molecule has 7 heteroatoms. The number of aryl methyl sites for hydroxylation is 2. The third-order valence-electron chi connectivity index (χ3n) is 3.06. The molecule has 1 heterocycles. The van der Waals surface area contributed by atoms with E-state index >= 15 is 0 Å². The first-order valence-electron chi connectivity index (χ1n) is 6.68. The third kappa shape index (κ3) is 3.76. The van der Waals surface area contributed by atoms with Gasteiger partial charge in [-0.1, -0.05) is 13.0 Å². The van der Waals surface area contributed by atoms with Crippen molar-refractivity contribution in [3.63, 3.8) is 0 Å². The fourth-order valence-corrected chi connectivity index (χ4v) is 2.64. The molecule has 1 aromatic heterocycles. The average Bonchev–Trinajstić information content (AvgIpc) is 2.95. The van der Waals surface area contributed by atoms with Crippen LogP contribution in [0.4, 0.5) is 5.69 Å². The SMILES string of the molecule is CCc1ccc(/C=N/NC(=O)c2ccc(C)c([N+](=O)[O-])c2)s1. The number of nitro benzene ring substituents is 1. The lowest BCUT2D eigenvalue weighted by molar-refractivity contribution is -0.385. The fourth-order valence-electron chi connectivity index (χ4n) is 1.82. The van der Waals surface area contributed by atoms with Crippen LogP contribution in [0.15, 0.2) is 35.4 Å². The molecule has 0 saturated heterocycles. The molecule has 6 nitrogen and oxygen atoms in total. The number of carbonyl (C=O) groups excluding carboxylic acids is 1. The van der Waals surface area contributed by atoms with Crippen LogP contribution >= 0.6 is 11.3 Å². The lowest BCUT2D eigenvalue weighted by Gasteiger charge is -2.01. The first-order valence-corrected chi connectivity index (χ1v) is 7.50. The van der Waals surface area contributed by atoms with E-state index in [-0.39, 0.29) is 11.3 Å². The molecular formula is C15H15N3O3S. The summed E-state index contributed by atoms with van der Waals surface area (Å²) in [5, 5.41) is 14.8. The standard InChI is InChI=1S/C15H15N3O3S/c1-3-12-6-7-13(22-12)9-16-17-15(19)11-5-4-10(2)14(8-11)18(20)21/h4-9H,3H2,1-2H3,(H,17,19)/b16-9+. The van der Waals surface area contributed by atoms with Gasteiger partial charge in [-0.3, -0.25) is 14.9 Å². The van der Waals surface area contributed by atoms with Crippen molar-refractivity contribution in [2.24, 2.45) is 5.10 Å². The van der Waals surface area contributed by atoms with Gasteiger partial charge in [-0.2, -0.15) is 5.10 Å². The maximum absolute atomic E-state index is 11.9. The molecule has 1 N–H and O–H groups in total. The first-order chi connectivity index (χ1) is 10.5. The van der Waals surface area contributed by atoms with Crippen molar-refractivity contribution in [3.8, 4) is 0 Å². The van der Waals surface area contributed by atoms with E-state index in [2.05, 4.69) is 17.5 Å². The number of nitrogens with one attached hydrogen (secondary N) is 1. The summed E-state index contributed by atoms with van der Waals surface area (Å²) in [5.74, 6) is -0.480. The van der Waals surface area contributed by atoms with Crippen molar-refractivity contribution in [2.75, 3.05) is 0 Å². The van der Waals surface area contributed by atoms with Gasteiger partial charge in [0.2, 0.25) is 0 Å². The number of hydrogen-bond donors (Lipinski definition) is 1. The van der Waals surface area contributed by atoms with E-state index < -0.39 is 10.8 Å². The highest BCUT2D eigenvalue weighted by atomic mass is 32.1. The van der Waals surface area contributed by atoms with Crippen molar-refractivity contribution < 1.29 is 9.72 Å². The molecule has 1 aromatic carbocycles. The number of nitrogens with zero attached hydrogens (tertiary/aromatic N) is 2. The molecule has 2 aromatic rings. The maximum atomic E-state index is 11.9. The highest BCUT2D eigenvalue weighted by Crippen LogP contribution is 2.19. The minimum absolute atomic E-state index is 0.0810. The Morgan fingerprint density at radius 2 is 2.18 bits per heavy atom. The molecule has 0 aliphatic carbocycles. The molecular weight excluding hydrogens is 302 g/mol. The van der Waals surface area contributed by atoms with Crippen LogP contribution in [-0.4, -0.2) is 17.0 Å². The van der Waals surface area contributed by atoms with Crippen LogP contribution < -0.4 is 5.43 Å². The molecule has 0 spiro atoms. The molecule has 0 aliphatic rings. The fraction of sp³-hybridized carbons (Fsp3) is 0.200. The Morgan fingerprint density at radius 1 is 1.41 bits per heavy atom. The van der Waals surface area contributed by atoms with Crippen molar-refractivity contribution >= 4 is 29.1 Å². The first kappa shape index (κ1) is 15.8. The number of hydrogen-bond acceptors (Lipinski definition) is 5. The second-order valence-electron chi connectivity index (χ2n) is 4.62. The lowest BCUT2D eigenvalue weighted by Crippen LogP contribution is -2.17. The Labute approximate surface area is 131 Å². The van der Waals surface area contributed by atoms with E-state index in [1.807, 2.05) is 12.1 Å². The molecule has 2 rings (SSSR count). The van der Waals surface area contributed by atoms with Gasteiger partial charge in [0, 0.05) is 26.9 Å². The number of thiophene rings is 1. The van der Waals surface area contributed by atoms with E-state index in [1.54, 1.807) is 30.5 Å². The highest BCUT2D eigenvalue weighted by molar-refractivity contribution is 7.13. The molecule has 114 valence electrons. The Balaban J connectivity index is 2.06. The largest absolute Gasteiger partial charge is 0.273 e. The Morgan fingerprint density at radius 3 is 2.82 bits per heavy atom. The Hall–Kier alpha value is -2.54. The molecule has 0 bridgehead atoms. The molecule has 22 heavy (non-hydrogen) atoms. The monoisotopic (exact) mass is 317 g/mol. The van der Waals surface area contributed by atoms with Gasteiger partial charge < -0.3 is 0 Å². The van der Waals surface area contributed by atoms with Crippen LogP contribution in [0, 0.1) is 17.0 Å². The molecule has 0 atom stereocenters. The molecule has 0 aliphatic heterocycles. The van der Waals surface area contributed by atoms with Gasteiger partial charge in [-0.25, -0.2) is 5.43 Å². The maximum Gasteiger partial charge on any atom is 0.273 e. The van der Waals surface area contributed by atoms with Crippen molar-refractivity contribution in [1.29, 1.82) is 0 Å². The normalized spacial score (nSPS) is 10.8. The van der Waals surface area contributed by atoms with E-state index in [1.165, 1.54) is 17.0 Å². The average molecular weight is 317 g/mol. The van der Waals surface area contributed by atoms with Crippen LogP contribution in [-0.2, 0) is 6.42 Å². The minimum Gasteiger partial charge on any atom is -0.267 e. The van der Waals surface area contributed by atoms with Crippen LogP contribution in [0.25, 0.3) is 0 Å². The van der Waals surface area contributed by atoms with Gasteiger partial charge in [0.05, 0.1) is 11.1 Å². The van der Waals surface area contributed by atoms with Crippen LogP contribution in [0.3, 0.4) is 0 Å². The van der Waals surface area contributed by atoms with Gasteiger partial charge >= 0.3 is 0 Å². The van der Waals surface area contributed by atoms with Gasteiger partial charge in [0.25, 0.3) is 11.6 Å². The van der Waals surface area contributed by atoms with Crippen LogP contribution in [0.1, 0.15) is 32.6 Å². The topological polar surface area (TPSA) is 84.6 Å². The van der Waals surface area contributed by atoms with Crippen molar-refractivity contribution in [1.82, 2.24) is 5.43 Å². The quantitative estimate of drug-likeness (QED) is 0.521. The van der Waals surface area contributed by atoms with Gasteiger partial charge in [-0.05, 0) is 31.5 Å². The molecule has 0 radical (unpaired) electrons.